The number of anilines is 1. The zero-order valence-corrected chi connectivity index (χ0v) is 14.9. The Labute approximate surface area is 152 Å². The lowest BCUT2D eigenvalue weighted by Crippen LogP contribution is -2.53. The van der Waals surface area contributed by atoms with E-state index in [1.54, 1.807) is 18.2 Å². The number of hydrogen-bond donors (Lipinski definition) is 3. The first-order chi connectivity index (χ1) is 11.6. The second-order valence-electron chi connectivity index (χ2n) is 5.88. The van der Waals surface area contributed by atoms with Gasteiger partial charge in [-0.2, -0.15) is 0 Å². The van der Waals surface area contributed by atoms with Crippen molar-refractivity contribution in [3.05, 3.63) is 18.2 Å². The number of piperazine rings is 1. The minimum absolute atomic E-state index is 0. The van der Waals surface area contributed by atoms with Crippen molar-refractivity contribution in [1.29, 1.82) is 0 Å². The Morgan fingerprint density at radius 2 is 2.04 bits per heavy atom. The molecule has 3 rings (SSSR count). The number of ether oxygens (including phenoxy) is 2. The minimum atomic E-state index is -0.556. The van der Waals surface area contributed by atoms with Crippen molar-refractivity contribution < 1.29 is 19.1 Å². The van der Waals surface area contributed by atoms with Gasteiger partial charge in [-0.1, -0.05) is 0 Å². The zero-order valence-electron chi connectivity index (χ0n) is 14.0. The topological polar surface area (TPSA) is 91.9 Å². The number of rotatable bonds is 3. The Morgan fingerprint density at radius 1 is 1.28 bits per heavy atom. The predicted molar refractivity (Wildman–Crippen MR) is 95.7 cm³/mol. The molecule has 0 bridgehead atoms. The number of halogens is 1. The maximum Gasteiger partial charge on any atom is 0.325 e. The Hall–Kier alpha value is -2.03. The number of urea groups is 1. The lowest BCUT2D eigenvalue weighted by Gasteiger charge is -2.33. The molecule has 25 heavy (non-hydrogen) atoms. The van der Waals surface area contributed by atoms with Crippen LogP contribution in [0.2, 0.25) is 0 Å². The summed E-state index contributed by atoms with van der Waals surface area (Å²) in [5, 5.41) is 8.25. The van der Waals surface area contributed by atoms with Crippen molar-refractivity contribution in [1.82, 2.24) is 15.5 Å². The smallest absolute Gasteiger partial charge is 0.325 e. The molecule has 0 aliphatic carbocycles. The molecule has 0 unspecified atom stereocenters. The van der Waals surface area contributed by atoms with Gasteiger partial charge in [0.25, 0.3) is 0 Å². The van der Waals surface area contributed by atoms with E-state index in [0.29, 0.717) is 30.4 Å². The molecule has 138 valence electrons. The van der Waals surface area contributed by atoms with E-state index in [9.17, 15) is 9.59 Å². The summed E-state index contributed by atoms with van der Waals surface area (Å²) in [6.45, 7) is 5.73. The van der Waals surface area contributed by atoms with Crippen molar-refractivity contribution >= 4 is 30.0 Å². The molecule has 3 N–H and O–H groups in total. The van der Waals surface area contributed by atoms with Gasteiger partial charge in [0, 0.05) is 37.4 Å². The van der Waals surface area contributed by atoms with E-state index >= 15 is 0 Å². The standard InChI is InChI=1S/C16H22N4O4.ClH/c1-11-9-17-4-5-20(11)10-15(21)19-16(22)18-12-2-3-13-14(8-12)24-7-6-23-13;/h2-3,8,11,17H,4-7,9-10H2,1H3,(H2,18,19,21,22);1H/t11-;/m0./s1. The molecule has 1 saturated heterocycles. The monoisotopic (exact) mass is 370 g/mol. The number of carbonyl (C=O) groups is 2. The second kappa shape index (κ2) is 8.89. The summed E-state index contributed by atoms with van der Waals surface area (Å²) >= 11 is 0. The Balaban J connectivity index is 0.00000225. The fourth-order valence-corrected chi connectivity index (χ4v) is 2.75. The Kier molecular flexibility index (Phi) is 6.86. The number of benzene rings is 1. The molecule has 3 amide bonds. The highest BCUT2D eigenvalue weighted by atomic mass is 35.5. The van der Waals surface area contributed by atoms with E-state index in [-0.39, 0.29) is 30.9 Å². The minimum Gasteiger partial charge on any atom is -0.486 e. The second-order valence-corrected chi connectivity index (χ2v) is 5.88. The van der Waals surface area contributed by atoms with Gasteiger partial charge in [-0.3, -0.25) is 15.0 Å². The number of fused-ring (bicyclic) bond motifs is 1. The molecule has 2 aliphatic heterocycles. The van der Waals surface area contributed by atoms with Crippen LogP contribution in [0.4, 0.5) is 10.5 Å². The van der Waals surface area contributed by atoms with Crippen LogP contribution in [0.25, 0.3) is 0 Å². The average molecular weight is 371 g/mol. The number of nitrogens with zero attached hydrogens (tertiary/aromatic N) is 1. The van der Waals surface area contributed by atoms with Crippen molar-refractivity contribution in [3.63, 3.8) is 0 Å². The van der Waals surface area contributed by atoms with Gasteiger partial charge in [0.05, 0.1) is 6.54 Å². The molecule has 1 aromatic carbocycles. The molecule has 0 saturated carbocycles. The summed E-state index contributed by atoms with van der Waals surface area (Å²) in [5.41, 5.74) is 0.542. The van der Waals surface area contributed by atoms with Crippen LogP contribution in [0, 0.1) is 0 Å². The van der Waals surface area contributed by atoms with Gasteiger partial charge < -0.3 is 20.1 Å². The molecule has 0 aromatic heterocycles. The molecule has 0 spiro atoms. The summed E-state index contributed by atoms with van der Waals surface area (Å²) in [6, 6.07) is 4.83. The van der Waals surface area contributed by atoms with Crippen LogP contribution in [-0.2, 0) is 4.79 Å². The number of amides is 3. The van der Waals surface area contributed by atoms with Crippen LogP contribution in [0.1, 0.15) is 6.92 Å². The quantitative estimate of drug-likeness (QED) is 0.729. The SMILES string of the molecule is C[C@H]1CNCCN1CC(=O)NC(=O)Nc1ccc2c(c1)OCCO2.Cl. The Morgan fingerprint density at radius 3 is 2.80 bits per heavy atom. The van der Waals surface area contributed by atoms with Gasteiger partial charge >= 0.3 is 6.03 Å². The van der Waals surface area contributed by atoms with Crippen LogP contribution >= 0.6 is 12.4 Å². The van der Waals surface area contributed by atoms with Crippen molar-refractivity contribution in [2.75, 3.05) is 44.7 Å². The van der Waals surface area contributed by atoms with Gasteiger partial charge in [-0.25, -0.2) is 4.79 Å². The summed E-state index contributed by atoms with van der Waals surface area (Å²) in [5.74, 6) is 0.912. The normalized spacial score (nSPS) is 19.5. The zero-order chi connectivity index (χ0) is 16.9. The third-order valence-corrected chi connectivity index (χ3v) is 4.04. The Bertz CT molecular complexity index is 628. The molecule has 2 heterocycles. The fourth-order valence-electron chi connectivity index (χ4n) is 2.75. The number of carbonyl (C=O) groups excluding carboxylic acids is 2. The van der Waals surface area contributed by atoms with Crippen LogP contribution < -0.4 is 25.4 Å². The summed E-state index contributed by atoms with van der Waals surface area (Å²) in [7, 11) is 0. The molecule has 1 aromatic rings. The van der Waals surface area contributed by atoms with E-state index in [2.05, 4.69) is 22.9 Å². The van der Waals surface area contributed by atoms with Crippen LogP contribution in [0.5, 0.6) is 11.5 Å². The third kappa shape index (κ3) is 5.22. The fraction of sp³-hybridized carbons (Fsp3) is 0.500. The van der Waals surface area contributed by atoms with E-state index in [1.165, 1.54) is 0 Å². The molecular formula is C16H23ClN4O4. The highest BCUT2D eigenvalue weighted by Crippen LogP contribution is 2.32. The maximum atomic E-state index is 12.0. The molecule has 9 heteroatoms. The molecule has 1 atom stereocenters. The van der Waals surface area contributed by atoms with Gasteiger partial charge in [0.1, 0.15) is 13.2 Å². The third-order valence-electron chi connectivity index (χ3n) is 4.04. The number of imide groups is 1. The number of hydrogen-bond acceptors (Lipinski definition) is 6. The predicted octanol–water partition coefficient (Wildman–Crippen LogP) is 0.821. The van der Waals surface area contributed by atoms with E-state index < -0.39 is 6.03 Å². The molecule has 1 fully saturated rings. The summed E-state index contributed by atoms with van der Waals surface area (Å²) < 4.78 is 10.9. The first-order valence-corrected chi connectivity index (χ1v) is 8.07. The maximum absolute atomic E-state index is 12.0. The van der Waals surface area contributed by atoms with E-state index in [0.717, 1.165) is 19.6 Å². The van der Waals surface area contributed by atoms with Gasteiger partial charge in [-0.05, 0) is 19.1 Å². The van der Waals surface area contributed by atoms with E-state index in [4.69, 9.17) is 9.47 Å². The summed E-state index contributed by atoms with van der Waals surface area (Å²) in [6.07, 6.45) is 0. The van der Waals surface area contributed by atoms with Crippen LogP contribution in [0.3, 0.4) is 0 Å². The van der Waals surface area contributed by atoms with Crippen molar-refractivity contribution in [2.24, 2.45) is 0 Å². The van der Waals surface area contributed by atoms with Gasteiger partial charge in [0.2, 0.25) is 5.91 Å². The highest BCUT2D eigenvalue weighted by molar-refractivity contribution is 6.01. The lowest BCUT2D eigenvalue weighted by atomic mass is 10.2. The molecular weight excluding hydrogens is 348 g/mol. The first-order valence-electron chi connectivity index (χ1n) is 8.07. The average Bonchev–Trinajstić information content (AvgIpc) is 2.56. The summed E-state index contributed by atoms with van der Waals surface area (Å²) in [4.78, 5) is 26.0. The molecule has 2 aliphatic rings. The van der Waals surface area contributed by atoms with Crippen LogP contribution in [0.15, 0.2) is 18.2 Å². The first kappa shape index (κ1) is 19.3. The highest BCUT2D eigenvalue weighted by Gasteiger charge is 2.21. The number of nitrogens with one attached hydrogen (secondary N) is 3. The largest absolute Gasteiger partial charge is 0.486 e. The van der Waals surface area contributed by atoms with E-state index in [1.807, 2.05) is 4.90 Å². The van der Waals surface area contributed by atoms with Crippen LogP contribution in [-0.4, -0.2) is 62.3 Å². The molecule has 8 nitrogen and oxygen atoms in total. The van der Waals surface area contributed by atoms with Crippen molar-refractivity contribution in [2.45, 2.75) is 13.0 Å². The lowest BCUT2D eigenvalue weighted by molar-refractivity contribution is -0.121. The van der Waals surface area contributed by atoms with Gasteiger partial charge in [-0.15, -0.1) is 12.4 Å². The van der Waals surface area contributed by atoms with Crippen molar-refractivity contribution in [3.8, 4) is 11.5 Å². The van der Waals surface area contributed by atoms with Gasteiger partial charge in [0.15, 0.2) is 11.5 Å². The molecule has 0 radical (unpaired) electrons.